The summed E-state index contributed by atoms with van der Waals surface area (Å²) in [6, 6.07) is 0.318. The van der Waals surface area contributed by atoms with Crippen LogP contribution in [0.25, 0.3) is 0 Å². The summed E-state index contributed by atoms with van der Waals surface area (Å²) in [5.74, 6) is 0.240. The minimum absolute atomic E-state index is 0.00732. The van der Waals surface area contributed by atoms with Crippen LogP contribution in [-0.2, 0) is 4.79 Å². The predicted molar refractivity (Wildman–Crippen MR) is 66.9 cm³/mol. The number of hydrogen-bond donors (Lipinski definition) is 2. The number of hydrogen-bond acceptors (Lipinski definition) is 2. The Balaban J connectivity index is 2.71. The highest BCUT2D eigenvalue weighted by Gasteiger charge is 2.60. The molecule has 3 nitrogen and oxygen atoms in total. The van der Waals surface area contributed by atoms with Gasteiger partial charge in [0, 0.05) is 28.8 Å². The van der Waals surface area contributed by atoms with Crippen molar-refractivity contribution in [3.05, 3.63) is 0 Å². The van der Waals surface area contributed by atoms with E-state index in [9.17, 15) is 4.79 Å². The van der Waals surface area contributed by atoms with Gasteiger partial charge in [0.05, 0.1) is 0 Å². The molecule has 1 unspecified atom stereocenters. The highest BCUT2D eigenvalue weighted by atomic mass is 16.2. The molecule has 0 heterocycles. The van der Waals surface area contributed by atoms with Crippen molar-refractivity contribution < 1.29 is 4.79 Å². The van der Waals surface area contributed by atoms with E-state index in [4.69, 9.17) is 5.73 Å². The zero-order chi connectivity index (χ0) is 12.7. The van der Waals surface area contributed by atoms with E-state index in [0.717, 1.165) is 6.42 Å². The van der Waals surface area contributed by atoms with Crippen molar-refractivity contribution in [1.82, 2.24) is 5.32 Å². The summed E-state index contributed by atoms with van der Waals surface area (Å²) in [5.41, 5.74) is 6.14. The topological polar surface area (TPSA) is 55.1 Å². The molecule has 1 aliphatic rings. The maximum absolute atomic E-state index is 11.9. The molecular formula is C13H26N2O. The molecule has 16 heavy (non-hydrogen) atoms. The lowest BCUT2D eigenvalue weighted by molar-refractivity contribution is -0.135. The fraction of sp³-hybridized carbons (Fsp3) is 0.923. The first-order valence-electron chi connectivity index (χ1n) is 6.21. The highest BCUT2D eigenvalue weighted by Crippen LogP contribution is 2.52. The molecule has 0 aromatic carbocycles. The van der Waals surface area contributed by atoms with Crippen LogP contribution in [0.4, 0.5) is 0 Å². The van der Waals surface area contributed by atoms with E-state index in [1.807, 2.05) is 13.8 Å². The second-order valence-corrected chi connectivity index (χ2v) is 6.37. The van der Waals surface area contributed by atoms with Crippen LogP contribution in [0.2, 0.25) is 0 Å². The van der Waals surface area contributed by atoms with Gasteiger partial charge in [-0.25, -0.2) is 0 Å². The van der Waals surface area contributed by atoms with E-state index >= 15 is 0 Å². The summed E-state index contributed by atoms with van der Waals surface area (Å²) >= 11 is 0. The van der Waals surface area contributed by atoms with Gasteiger partial charge in [-0.05, 0) is 6.42 Å². The number of nitrogens with one attached hydrogen (secondary N) is 1. The molecule has 0 aliphatic heterocycles. The normalized spacial score (nSPS) is 32.7. The summed E-state index contributed by atoms with van der Waals surface area (Å²) < 4.78 is 0. The molecule has 1 amide bonds. The van der Waals surface area contributed by atoms with Crippen LogP contribution in [0.15, 0.2) is 0 Å². The molecular weight excluding hydrogens is 200 g/mol. The maximum atomic E-state index is 11.9. The van der Waals surface area contributed by atoms with Gasteiger partial charge in [-0.2, -0.15) is 0 Å². The molecule has 3 heteroatoms. The predicted octanol–water partition coefficient (Wildman–Crippen LogP) is 1.91. The van der Waals surface area contributed by atoms with Crippen LogP contribution in [0.5, 0.6) is 0 Å². The lowest BCUT2D eigenvalue weighted by Crippen LogP contribution is -2.76. The zero-order valence-corrected chi connectivity index (χ0v) is 11.4. The van der Waals surface area contributed by atoms with Crippen LogP contribution in [0.1, 0.15) is 48.0 Å². The Morgan fingerprint density at radius 3 is 2.12 bits per heavy atom. The number of rotatable bonds is 3. The Kier molecular flexibility index (Phi) is 3.39. The van der Waals surface area contributed by atoms with Gasteiger partial charge in [-0.3, -0.25) is 4.79 Å². The second-order valence-electron chi connectivity index (χ2n) is 6.37. The third-order valence-electron chi connectivity index (χ3n) is 4.44. The average molecular weight is 226 g/mol. The Hall–Kier alpha value is -0.570. The Bertz CT molecular complexity index is 268. The number of carbonyl (C=O) groups is 1. The summed E-state index contributed by atoms with van der Waals surface area (Å²) in [6.45, 7) is 12.5. The number of amides is 1. The smallest absolute Gasteiger partial charge is 0.223 e. The average Bonchev–Trinajstić information content (AvgIpc) is 2.22. The van der Waals surface area contributed by atoms with Gasteiger partial charge in [0.2, 0.25) is 5.91 Å². The molecule has 0 aromatic rings. The third kappa shape index (κ3) is 1.86. The van der Waals surface area contributed by atoms with Gasteiger partial charge in [-0.1, -0.05) is 41.5 Å². The Labute approximate surface area is 99.2 Å². The van der Waals surface area contributed by atoms with Gasteiger partial charge >= 0.3 is 0 Å². The fourth-order valence-electron chi connectivity index (χ4n) is 3.02. The summed E-state index contributed by atoms with van der Waals surface area (Å²) in [4.78, 5) is 11.9. The first kappa shape index (κ1) is 13.5. The van der Waals surface area contributed by atoms with Gasteiger partial charge in [0.15, 0.2) is 0 Å². The van der Waals surface area contributed by atoms with E-state index in [1.54, 1.807) is 0 Å². The van der Waals surface area contributed by atoms with E-state index < -0.39 is 0 Å². The summed E-state index contributed by atoms with van der Waals surface area (Å²) in [5, 5.41) is 3.16. The molecule has 3 N–H and O–H groups in total. The van der Waals surface area contributed by atoms with Crippen LogP contribution in [-0.4, -0.2) is 18.0 Å². The molecule has 1 aliphatic carbocycles. The van der Waals surface area contributed by atoms with Crippen molar-refractivity contribution in [2.45, 2.75) is 60.0 Å². The molecule has 0 radical (unpaired) electrons. The maximum Gasteiger partial charge on any atom is 0.223 e. The molecule has 94 valence electrons. The zero-order valence-electron chi connectivity index (χ0n) is 11.4. The quantitative estimate of drug-likeness (QED) is 0.772. The highest BCUT2D eigenvalue weighted by molar-refractivity contribution is 5.79. The van der Waals surface area contributed by atoms with E-state index in [2.05, 4.69) is 33.0 Å². The van der Waals surface area contributed by atoms with Crippen molar-refractivity contribution in [3.8, 4) is 0 Å². The van der Waals surface area contributed by atoms with Crippen molar-refractivity contribution >= 4 is 5.91 Å². The molecule has 0 saturated heterocycles. The van der Waals surface area contributed by atoms with Crippen LogP contribution < -0.4 is 11.1 Å². The van der Waals surface area contributed by atoms with Crippen molar-refractivity contribution in [1.29, 1.82) is 0 Å². The van der Waals surface area contributed by atoms with Crippen molar-refractivity contribution in [2.24, 2.45) is 22.5 Å². The van der Waals surface area contributed by atoms with Gasteiger partial charge in [-0.15, -0.1) is 0 Å². The van der Waals surface area contributed by atoms with Gasteiger partial charge < -0.3 is 11.1 Å². The van der Waals surface area contributed by atoms with E-state index in [0.29, 0.717) is 0 Å². The standard InChI is InChI=1S/C13H26N2O/c1-7-8(2)9(16)15-11-12(3,4)10(14)13(11,5)6/h8,10-11H,7,14H2,1-6H3,(H,15,16). The number of carbonyl (C=O) groups excluding carboxylic acids is 1. The fourth-order valence-corrected chi connectivity index (χ4v) is 3.02. The summed E-state index contributed by atoms with van der Waals surface area (Å²) in [6.07, 6.45) is 0.880. The molecule has 0 bridgehead atoms. The monoisotopic (exact) mass is 226 g/mol. The molecule has 1 rings (SSSR count). The third-order valence-corrected chi connectivity index (χ3v) is 4.44. The molecule has 1 atom stereocenters. The molecule has 0 spiro atoms. The van der Waals surface area contributed by atoms with Crippen molar-refractivity contribution in [2.75, 3.05) is 0 Å². The lowest BCUT2D eigenvalue weighted by atomic mass is 9.48. The van der Waals surface area contributed by atoms with Crippen molar-refractivity contribution in [3.63, 3.8) is 0 Å². The minimum atomic E-state index is -0.00732. The van der Waals surface area contributed by atoms with Gasteiger partial charge in [0.25, 0.3) is 0 Å². The minimum Gasteiger partial charge on any atom is -0.352 e. The first-order valence-corrected chi connectivity index (χ1v) is 6.21. The summed E-state index contributed by atoms with van der Waals surface area (Å²) in [7, 11) is 0. The molecule has 1 saturated carbocycles. The first-order chi connectivity index (χ1) is 7.15. The second kappa shape index (κ2) is 4.02. The number of nitrogens with two attached hydrogens (primary N) is 1. The lowest BCUT2D eigenvalue weighted by Gasteiger charge is -2.63. The Morgan fingerprint density at radius 2 is 1.75 bits per heavy atom. The van der Waals surface area contributed by atoms with Crippen LogP contribution in [0.3, 0.4) is 0 Å². The SMILES string of the molecule is CCC(C)C(=O)NC1C(C)(C)C(N)C1(C)C. The van der Waals surface area contributed by atoms with Crippen LogP contribution in [0, 0.1) is 16.7 Å². The van der Waals surface area contributed by atoms with Crippen LogP contribution >= 0.6 is 0 Å². The van der Waals surface area contributed by atoms with E-state index in [-0.39, 0.29) is 34.7 Å². The largest absolute Gasteiger partial charge is 0.352 e. The van der Waals surface area contributed by atoms with Gasteiger partial charge in [0.1, 0.15) is 0 Å². The molecule has 1 fully saturated rings. The van der Waals surface area contributed by atoms with E-state index in [1.165, 1.54) is 0 Å². The molecule has 0 aromatic heterocycles. The Morgan fingerprint density at radius 1 is 1.31 bits per heavy atom.